The number of nitrogens with zero attached hydrogens (tertiary/aromatic N) is 8. The Morgan fingerprint density at radius 3 is 2.85 bits per heavy atom. The molecule has 206 valence electrons. The Bertz CT molecular complexity index is 1820. The highest BCUT2D eigenvalue weighted by Crippen LogP contribution is 2.36. The molecule has 2 atom stereocenters. The smallest absolute Gasteiger partial charge is 0.246 e. The summed E-state index contributed by atoms with van der Waals surface area (Å²) < 4.78 is 7.89. The van der Waals surface area contributed by atoms with Crippen LogP contribution >= 0.6 is 0 Å². The Kier molecular flexibility index (Phi) is 5.99. The van der Waals surface area contributed by atoms with Gasteiger partial charge in [0.15, 0.2) is 5.82 Å². The van der Waals surface area contributed by atoms with Crippen LogP contribution in [-0.2, 0) is 11.8 Å². The van der Waals surface area contributed by atoms with Crippen molar-refractivity contribution in [2.45, 2.75) is 19.4 Å². The number of hydrogen-bond donors (Lipinski definition) is 1. The quantitative estimate of drug-likeness (QED) is 0.310. The van der Waals surface area contributed by atoms with Gasteiger partial charge in [0.1, 0.15) is 34.7 Å². The summed E-state index contributed by atoms with van der Waals surface area (Å²) in [6, 6.07) is 15.9. The molecular weight excluding hydrogens is 518 g/mol. The number of ether oxygens (including phenoxy) is 1. The second-order valence-electron chi connectivity index (χ2n) is 10.6. The van der Waals surface area contributed by atoms with Crippen LogP contribution in [0.25, 0.3) is 22.1 Å². The molecule has 0 saturated carbocycles. The number of carbonyl (C=O) groups is 1. The highest BCUT2D eigenvalue weighted by Gasteiger charge is 2.43. The van der Waals surface area contributed by atoms with Crippen molar-refractivity contribution >= 4 is 45.3 Å². The zero-order chi connectivity index (χ0) is 28.1. The van der Waals surface area contributed by atoms with Gasteiger partial charge in [-0.15, -0.1) is 5.10 Å². The van der Waals surface area contributed by atoms with E-state index >= 15 is 0 Å². The number of anilines is 3. The van der Waals surface area contributed by atoms with Gasteiger partial charge in [-0.25, -0.2) is 19.6 Å². The van der Waals surface area contributed by atoms with Crippen molar-refractivity contribution in [2.24, 2.45) is 13.0 Å². The van der Waals surface area contributed by atoms with E-state index in [1.807, 2.05) is 67.4 Å². The summed E-state index contributed by atoms with van der Waals surface area (Å²) in [7, 11) is 1.86. The maximum absolute atomic E-state index is 12.2. The molecule has 2 fully saturated rings. The third-order valence-corrected chi connectivity index (χ3v) is 8.04. The minimum absolute atomic E-state index is 0.0102. The molecular formula is C30H29N9O2. The molecule has 5 heterocycles. The van der Waals surface area contributed by atoms with E-state index in [9.17, 15) is 4.79 Å². The van der Waals surface area contributed by atoms with Crippen molar-refractivity contribution in [3.05, 3.63) is 73.1 Å². The van der Waals surface area contributed by atoms with Crippen LogP contribution in [0.3, 0.4) is 0 Å². The monoisotopic (exact) mass is 547 g/mol. The van der Waals surface area contributed by atoms with E-state index in [1.165, 1.54) is 6.08 Å². The molecule has 0 bridgehead atoms. The van der Waals surface area contributed by atoms with Crippen molar-refractivity contribution in [2.75, 3.05) is 29.9 Å². The van der Waals surface area contributed by atoms with E-state index in [4.69, 9.17) is 9.72 Å². The van der Waals surface area contributed by atoms with Gasteiger partial charge in [0, 0.05) is 44.4 Å². The van der Waals surface area contributed by atoms with Crippen molar-refractivity contribution < 1.29 is 9.53 Å². The summed E-state index contributed by atoms with van der Waals surface area (Å²) >= 11 is 0. The molecule has 5 aromatic rings. The third kappa shape index (κ3) is 4.48. The first kappa shape index (κ1) is 24.9. The Morgan fingerprint density at radius 2 is 2.00 bits per heavy atom. The average Bonchev–Trinajstić information content (AvgIpc) is 3.69. The Morgan fingerprint density at radius 1 is 1.10 bits per heavy atom. The standard InChI is InChI=1S/C30H29N9O2/c1-4-28(40)38-15-19-11-12-39(25(19)16-38)27-10-7-22-29(34-27)30(32-17-31-22)33-20-5-9-26(18(2)13-20)41-21-6-8-24-23(14-21)35-36-37(24)3/h4-10,13-14,17,19,25H,1,11-12,15-16H2,2-3H3,(H,31,32,33)/t19-,25+/m0/s1. The number of nitrogens with one attached hydrogen (secondary N) is 1. The minimum atomic E-state index is -0.0102. The fourth-order valence-corrected chi connectivity index (χ4v) is 5.93. The lowest BCUT2D eigenvalue weighted by atomic mass is 10.1. The van der Waals surface area contributed by atoms with Gasteiger partial charge in [-0.1, -0.05) is 11.8 Å². The second-order valence-corrected chi connectivity index (χ2v) is 10.6. The molecule has 11 nitrogen and oxygen atoms in total. The number of benzene rings is 2. The number of carbonyl (C=O) groups excluding carboxylic acids is 1. The van der Waals surface area contributed by atoms with Crippen LogP contribution in [0.4, 0.5) is 17.3 Å². The topological polar surface area (TPSA) is 114 Å². The number of rotatable bonds is 6. The predicted molar refractivity (Wildman–Crippen MR) is 156 cm³/mol. The molecule has 2 aliphatic heterocycles. The van der Waals surface area contributed by atoms with E-state index in [0.29, 0.717) is 29.5 Å². The first-order valence-electron chi connectivity index (χ1n) is 13.6. The summed E-state index contributed by atoms with van der Waals surface area (Å²) in [6.07, 6.45) is 3.97. The summed E-state index contributed by atoms with van der Waals surface area (Å²) in [5.74, 6) is 3.37. The number of fused-ring (bicyclic) bond motifs is 3. The normalized spacial score (nSPS) is 18.2. The van der Waals surface area contributed by atoms with Gasteiger partial charge in [-0.2, -0.15) is 0 Å². The predicted octanol–water partition coefficient (Wildman–Crippen LogP) is 4.37. The van der Waals surface area contributed by atoms with E-state index in [2.05, 4.69) is 37.1 Å². The third-order valence-electron chi connectivity index (χ3n) is 8.04. The van der Waals surface area contributed by atoms with Crippen LogP contribution in [0.2, 0.25) is 0 Å². The van der Waals surface area contributed by atoms with Gasteiger partial charge in [0.2, 0.25) is 5.91 Å². The lowest BCUT2D eigenvalue weighted by Gasteiger charge is -2.26. The van der Waals surface area contributed by atoms with Gasteiger partial charge < -0.3 is 19.9 Å². The van der Waals surface area contributed by atoms with Crippen LogP contribution in [0.5, 0.6) is 11.5 Å². The maximum Gasteiger partial charge on any atom is 0.246 e. The van der Waals surface area contributed by atoms with E-state index in [-0.39, 0.29) is 11.9 Å². The second kappa shape index (κ2) is 9.84. The van der Waals surface area contributed by atoms with Crippen LogP contribution < -0.4 is 15.0 Å². The van der Waals surface area contributed by atoms with E-state index in [0.717, 1.165) is 58.9 Å². The van der Waals surface area contributed by atoms with Crippen LogP contribution in [0.1, 0.15) is 12.0 Å². The summed E-state index contributed by atoms with van der Waals surface area (Å²) in [4.78, 5) is 30.4. The molecule has 41 heavy (non-hydrogen) atoms. The lowest BCUT2D eigenvalue weighted by molar-refractivity contribution is -0.125. The first-order chi connectivity index (χ1) is 20.0. The maximum atomic E-state index is 12.2. The molecule has 0 spiro atoms. The Balaban J connectivity index is 1.12. The molecule has 0 unspecified atom stereocenters. The van der Waals surface area contributed by atoms with Gasteiger partial charge in [-0.3, -0.25) is 4.79 Å². The van der Waals surface area contributed by atoms with Crippen LogP contribution in [0, 0.1) is 12.8 Å². The molecule has 1 N–H and O–H groups in total. The van der Waals surface area contributed by atoms with Gasteiger partial charge >= 0.3 is 0 Å². The number of likely N-dealkylation sites (tertiary alicyclic amines) is 1. The zero-order valence-electron chi connectivity index (χ0n) is 22.9. The molecule has 2 aliphatic rings. The van der Waals surface area contributed by atoms with Crippen LogP contribution in [0.15, 0.2) is 67.5 Å². The highest BCUT2D eigenvalue weighted by molar-refractivity contribution is 5.89. The lowest BCUT2D eigenvalue weighted by Crippen LogP contribution is -2.37. The van der Waals surface area contributed by atoms with Gasteiger partial charge in [-0.05, 0) is 67.4 Å². The number of aryl methyl sites for hydroxylation is 2. The van der Waals surface area contributed by atoms with Gasteiger partial charge in [0.25, 0.3) is 0 Å². The fraction of sp³-hybridized carbons (Fsp3) is 0.267. The molecule has 0 aliphatic carbocycles. The molecule has 0 radical (unpaired) electrons. The zero-order valence-corrected chi connectivity index (χ0v) is 22.9. The average molecular weight is 548 g/mol. The van der Waals surface area contributed by atoms with Gasteiger partial charge in [0.05, 0.1) is 17.1 Å². The number of amides is 1. The number of hydrogen-bond acceptors (Lipinski definition) is 9. The van der Waals surface area contributed by atoms with Crippen molar-refractivity contribution in [1.82, 2.24) is 34.8 Å². The van der Waals surface area contributed by atoms with Crippen molar-refractivity contribution in [1.29, 1.82) is 0 Å². The van der Waals surface area contributed by atoms with E-state index in [1.54, 1.807) is 11.0 Å². The molecule has 3 aromatic heterocycles. The molecule has 11 heteroatoms. The number of pyridine rings is 1. The number of aromatic nitrogens is 6. The Labute approximate surface area is 236 Å². The Hall–Kier alpha value is -5.06. The summed E-state index contributed by atoms with van der Waals surface area (Å²) in [5, 5.41) is 11.7. The first-order valence-corrected chi connectivity index (χ1v) is 13.6. The SMILES string of the molecule is C=CC(=O)N1C[C@@H]2CCN(c3ccc4ncnc(Nc5ccc(Oc6ccc7c(c6)nnn7C)c(C)c5)c4n3)[C@@H]2C1. The highest BCUT2D eigenvalue weighted by atomic mass is 16.5. The van der Waals surface area contributed by atoms with Crippen molar-refractivity contribution in [3.8, 4) is 11.5 Å². The fourth-order valence-electron chi connectivity index (χ4n) is 5.93. The minimum Gasteiger partial charge on any atom is -0.457 e. The van der Waals surface area contributed by atoms with E-state index < -0.39 is 0 Å². The summed E-state index contributed by atoms with van der Waals surface area (Å²) in [6.45, 7) is 8.01. The molecule has 7 rings (SSSR count). The molecule has 1 amide bonds. The van der Waals surface area contributed by atoms with Crippen LogP contribution in [-0.4, -0.2) is 66.4 Å². The molecule has 2 aromatic carbocycles. The molecule has 2 saturated heterocycles. The summed E-state index contributed by atoms with van der Waals surface area (Å²) in [5.41, 5.74) is 5.00. The largest absolute Gasteiger partial charge is 0.457 e. The van der Waals surface area contributed by atoms with Crippen molar-refractivity contribution in [3.63, 3.8) is 0 Å².